The molecule has 0 radical (unpaired) electrons. The van der Waals surface area contributed by atoms with E-state index in [-0.39, 0.29) is 30.3 Å². The first-order chi connectivity index (χ1) is 13.5. The van der Waals surface area contributed by atoms with Crippen LogP contribution in [0.25, 0.3) is 0 Å². The highest BCUT2D eigenvalue weighted by molar-refractivity contribution is 5.86. The highest BCUT2D eigenvalue weighted by Gasteiger charge is 2.32. The van der Waals surface area contributed by atoms with E-state index in [1.807, 2.05) is 79.0 Å². The van der Waals surface area contributed by atoms with E-state index in [1.54, 1.807) is 4.90 Å². The topological polar surface area (TPSA) is 45.6 Å². The predicted octanol–water partition coefficient (Wildman–Crippen LogP) is 3.59. The average molecular weight is 382 g/mol. The first-order valence-electron chi connectivity index (χ1n) is 10.2. The Kier molecular flexibility index (Phi) is 6.55. The van der Waals surface area contributed by atoms with Crippen molar-refractivity contribution in [2.24, 2.45) is 13.0 Å². The Labute approximate surface area is 167 Å². The lowest BCUT2D eigenvalue weighted by atomic mass is 9.84. The maximum atomic E-state index is 13.3. The van der Waals surface area contributed by atoms with Crippen molar-refractivity contribution in [3.63, 3.8) is 0 Å². The highest BCUT2D eigenvalue weighted by Crippen LogP contribution is 2.29. The first kappa shape index (κ1) is 20.2. The summed E-state index contributed by atoms with van der Waals surface area (Å²) in [7, 11) is 1.99. The fraction of sp³-hybridized carbons (Fsp3) is 0.478. The van der Waals surface area contributed by atoms with Crippen LogP contribution >= 0.6 is 0 Å². The normalized spacial score (nSPS) is 14.0. The minimum Gasteiger partial charge on any atom is -0.353 e. The molecule has 1 aliphatic carbocycles. The summed E-state index contributed by atoms with van der Waals surface area (Å²) in [5, 5.41) is 0. The highest BCUT2D eigenvalue weighted by atomic mass is 16.2. The summed E-state index contributed by atoms with van der Waals surface area (Å²) < 4.78 is 2.03. The Hall–Kier alpha value is -2.56. The number of carbonyl (C=O) groups excluding carboxylic acids is 2. The lowest BCUT2D eigenvalue weighted by Crippen LogP contribution is -2.48. The van der Waals surface area contributed by atoms with E-state index in [9.17, 15) is 9.59 Å². The van der Waals surface area contributed by atoms with Gasteiger partial charge in [-0.3, -0.25) is 9.59 Å². The molecule has 1 aliphatic rings. The molecule has 1 saturated carbocycles. The van der Waals surface area contributed by atoms with Gasteiger partial charge in [-0.05, 0) is 44.4 Å². The molecule has 5 nitrogen and oxygen atoms in total. The molecule has 2 amide bonds. The monoisotopic (exact) mass is 381 g/mol. The van der Waals surface area contributed by atoms with Crippen molar-refractivity contribution >= 4 is 11.8 Å². The Balaban J connectivity index is 1.76. The van der Waals surface area contributed by atoms with Crippen molar-refractivity contribution in [1.82, 2.24) is 14.4 Å². The van der Waals surface area contributed by atoms with Crippen LogP contribution in [0.2, 0.25) is 0 Å². The van der Waals surface area contributed by atoms with Gasteiger partial charge in [0.05, 0.1) is 6.54 Å². The number of aromatic nitrogens is 1. The summed E-state index contributed by atoms with van der Waals surface area (Å²) in [5.74, 6) is 0.227. The second-order valence-electron chi connectivity index (χ2n) is 8.03. The minimum absolute atomic E-state index is 0.00794. The van der Waals surface area contributed by atoms with Crippen LogP contribution in [0.15, 0.2) is 48.7 Å². The molecule has 0 unspecified atom stereocenters. The fourth-order valence-electron chi connectivity index (χ4n) is 3.54. The molecule has 0 spiro atoms. The second kappa shape index (κ2) is 9.09. The molecular formula is C23H31N3O2. The third-order valence-electron chi connectivity index (χ3n) is 5.64. The summed E-state index contributed by atoms with van der Waals surface area (Å²) in [6.07, 6.45) is 5.01. The number of nitrogens with zero attached hydrogens (tertiary/aromatic N) is 3. The molecular weight excluding hydrogens is 350 g/mol. The van der Waals surface area contributed by atoms with Crippen LogP contribution in [-0.4, -0.2) is 38.8 Å². The van der Waals surface area contributed by atoms with E-state index in [1.165, 1.54) is 0 Å². The molecule has 28 heavy (non-hydrogen) atoms. The third kappa shape index (κ3) is 4.83. The number of aryl methyl sites for hydroxylation is 1. The molecule has 1 fully saturated rings. The van der Waals surface area contributed by atoms with Crippen LogP contribution in [0.1, 0.15) is 44.4 Å². The minimum atomic E-state index is -0.00794. The zero-order chi connectivity index (χ0) is 20.1. The van der Waals surface area contributed by atoms with Gasteiger partial charge in [0.1, 0.15) is 6.54 Å². The number of benzene rings is 1. The van der Waals surface area contributed by atoms with Gasteiger partial charge in [-0.25, -0.2) is 0 Å². The largest absolute Gasteiger partial charge is 0.353 e. The molecule has 3 rings (SSSR count). The molecule has 150 valence electrons. The van der Waals surface area contributed by atoms with Crippen LogP contribution in [-0.2, 0) is 29.7 Å². The summed E-state index contributed by atoms with van der Waals surface area (Å²) in [6.45, 7) is 5.19. The molecule has 1 heterocycles. The molecule has 1 aromatic heterocycles. The Morgan fingerprint density at radius 2 is 1.79 bits per heavy atom. The quantitative estimate of drug-likeness (QED) is 0.701. The van der Waals surface area contributed by atoms with Crippen molar-refractivity contribution < 1.29 is 9.59 Å². The molecule has 2 aromatic rings. The van der Waals surface area contributed by atoms with Crippen LogP contribution in [0.4, 0.5) is 0 Å². The summed E-state index contributed by atoms with van der Waals surface area (Å²) in [4.78, 5) is 29.7. The van der Waals surface area contributed by atoms with E-state index < -0.39 is 0 Å². The van der Waals surface area contributed by atoms with Gasteiger partial charge in [0, 0.05) is 37.4 Å². The van der Waals surface area contributed by atoms with Gasteiger partial charge in [-0.1, -0.05) is 36.8 Å². The summed E-state index contributed by atoms with van der Waals surface area (Å²) >= 11 is 0. The van der Waals surface area contributed by atoms with Crippen molar-refractivity contribution in [3.05, 3.63) is 59.9 Å². The van der Waals surface area contributed by atoms with E-state index in [0.717, 1.165) is 30.5 Å². The molecule has 1 aromatic carbocycles. The number of carbonyl (C=O) groups is 2. The number of hydrogen-bond acceptors (Lipinski definition) is 2. The predicted molar refractivity (Wildman–Crippen MR) is 110 cm³/mol. The van der Waals surface area contributed by atoms with Gasteiger partial charge < -0.3 is 14.4 Å². The van der Waals surface area contributed by atoms with Gasteiger partial charge in [0.15, 0.2) is 0 Å². The smallest absolute Gasteiger partial charge is 0.242 e. The lowest BCUT2D eigenvalue weighted by Gasteiger charge is -2.35. The lowest BCUT2D eigenvalue weighted by molar-refractivity contribution is -0.147. The molecule has 0 saturated heterocycles. The van der Waals surface area contributed by atoms with E-state index >= 15 is 0 Å². The van der Waals surface area contributed by atoms with Gasteiger partial charge in [0.2, 0.25) is 11.8 Å². The SMILES string of the molecule is CC(C)N(CC(=O)N(Cc1ccccc1)Cc1cccn1C)C(=O)C1CCC1. The fourth-order valence-corrected chi connectivity index (χ4v) is 3.54. The zero-order valence-electron chi connectivity index (χ0n) is 17.2. The number of amides is 2. The molecule has 0 bridgehead atoms. The van der Waals surface area contributed by atoms with E-state index in [0.29, 0.717) is 13.1 Å². The van der Waals surface area contributed by atoms with E-state index in [2.05, 4.69) is 0 Å². The van der Waals surface area contributed by atoms with Crippen LogP contribution in [0, 0.1) is 5.92 Å². The number of hydrogen-bond donors (Lipinski definition) is 0. The Morgan fingerprint density at radius 3 is 2.32 bits per heavy atom. The summed E-state index contributed by atoms with van der Waals surface area (Å²) in [5.41, 5.74) is 2.16. The second-order valence-corrected chi connectivity index (χ2v) is 8.03. The molecule has 0 atom stereocenters. The van der Waals surface area contributed by atoms with Gasteiger partial charge in [0.25, 0.3) is 0 Å². The van der Waals surface area contributed by atoms with Crippen LogP contribution in [0.5, 0.6) is 0 Å². The maximum absolute atomic E-state index is 13.3. The van der Waals surface area contributed by atoms with E-state index in [4.69, 9.17) is 0 Å². The summed E-state index contributed by atoms with van der Waals surface area (Å²) in [6, 6.07) is 14.1. The molecule has 0 N–H and O–H groups in total. The van der Waals surface area contributed by atoms with Crippen molar-refractivity contribution in [1.29, 1.82) is 0 Å². The zero-order valence-corrected chi connectivity index (χ0v) is 17.2. The molecule has 5 heteroatoms. The third-order valence-corrected chi connectivity index (χ3v) is 5.64. The van der Waals surface area contributed by atoms with Crippen LogP contribution < -0.4 is 0 Å². The van der Waals surface area contributed by atoms with Crippen molar-refractivity contribution in [2.45, 2.75) is 52.2 Å². The average Bonchev–Trinajstić information content (AvgIpc) is 3.02. The Bertz CT molecular complexity index is 793. The van der Waals surface area contributed by atoms with Gasteiger partial charge in [-0.2, -0.15) is 0 Å². The van der Waals surface area contributed by atoms with Crippen molar-refractivity contribution in [2.75, 3.05) is 6.54 Å². The van der Waals surface area contributed by atoms with Crippen LogP contribution in [0.3, 0.4) is 0 Å². The van der Waals surface area contributed by atoms with Gasteiger partial charge in [-0.15, -0.1) is 0 Å². The maximum Gasteiger partial charge on any atom is 0.242 e. The molecule has 0 aliphatic heterocycles. The number of rotatable bonds is 8. The first-order valence-corrected chi connectivity index (χ1v) is 10.2. The van der Waals surface area contributed by atoms with Crippen molar-refractivity contribution in [3.8, 4) is 0 Å². The standard InChI is InChI=1S/C23H31N3O2/c1-18(2)26(23(28)20-11-7-12-20)17-22(27)25(15-19-9-5-4-6-10-19)16-21-13-8-14-24(21)3/h4-6,8-10,13-14,18,20H,7,11-12,15-17H2,1-3H3. The van der Waals surface area contributed by atoms with Gasteiger partial charge >= 0.3 is 0 Å². The Morgan fingerprint density at radius 1 is 1.07 bits per heavy atom.